The standard InChI is InChI=1S/C25H17BrN2O5S/c1-3-12-32-24(31)22-13(2)27-25(34-22)28-19(14-8-10-15(26)11-9-14)18-20(29)16-6-4-5-7-17(16)33-21(18)23(28)30/h3-11,19H,1,12H2,2H3. The molecule has 34 heavy (non-hydrogen) atoms. The van der Waals surface area contributed by atoms with Gasteiger partial charge >= 0.3 is 5.97 Å². The van der Waals surface area contributed by atoms with Gasteiger partial charge in [-0.05, 0) is 36.8 Å². The number of amides is 1. The molecular weight excluding hydrogens is 520 g/mol. The highest BCUT2D eigenvalue weighted by Gasteiger charge is 2.45. The Kier molecular flexibility index (Phi) is 5.66. The van der Waals surface area contributed by atoms with Crippen LogP contribution in [0.25, 0.3) is 11.0 Å². The van der Waals surface area contributed by atoms with E-state index in [0.29, 0.717) is 22.2 Å². The maximum Gasteiger partial charge on any atom is 0.350 e. The molecule has 170 valence electrons. The fourth-order valence-corrected chi connectivity index (χ4v) is 5.20. The van der Waals surface area contributed by atoms with Crippen LogP contribution in [0.5, 0.6) is 0 Å². The van der Waals surface area contributed by atoms with Crippen molar-refractivity contribution in [2.45, 2.75) is 13.0 Å². The minimum atomic E-state index is -0.765. The summed E-state index contributed by atoms with van der Waals surface area (Å²) in [7, 11) is 0. The van der Waals surface area contributed by atoms with Crippen LogP contribution < -0.4 is 10.3 Å². The van der Waals surface area contributed by atoms with Crippen molar-refractivity contribution in [3.8, 4) is 0 Å². The van der Waals surface area contributed by atoms with E-state index in [9.17, 15) is 14.4 Å². The molecule has 1 atom stereocenters. The summed E-state index contributed by atoms with van der Waals surface area (Å²) in [4.78, 5) is 45.8. The van der Waals surface area contributed by atoms with Gasteiger partial charge in [-0.25, -0.2) is 9.78 Å². The molecule has 0 fully saturated rings. The minimum Gasteiger partial charge on any atom is -0.457 e. The number of para-hydroxylation sites is 1. The van der Waals surface area contributed by atoms with Crippen molar-refractivity contribution in [2.24, 2.45) is 0 Å². The monoisotopic (exact) mass is 536 g/mol. The first-order valence-electron chi connectivity index (χ1n) is 10.3. The molecule has 0 N–H and O–H groups in total. The van der Waals surface area contributed by atoms with Gasteiger partial charge in [-0.15, -0.1) is 0 Å². The van der Waals surface area contributed by atoms with E-state index in [4.69, 9.17) is 9.15 Å². The largest absolute Gasteiger partial charge is 0.457 e. The van der Waals surface area contributed by atoms with Gasteiger partial charge in [0.25, 0.3) is 5.91 Å². The van der Waals surface area contributed by atoms with Crippen molar-refractivity contribution in [2.75, 3.05) is 11.5 Å². The number of carbonyl (C=O) groups is 2. The maximum atomic E-state index is 13.6. The van der Waals surface area contributed by atoms with E-state index in [2.05, 4.69) is 27.5 Å². The van der Waals surface area contributed by atoms with Crippen LogP contribution >= 0.6 is 27.3 Å². The number of nitrogens with zero attached hydrogens (tertiary/aromatic N) is 2. The van der Waals surface area contributed by atoms with Gasteiger partial charge in [0, 0.05) is 4.47 Å². The van der Waals surface area contributed by atoms with E-state index in [1.165, 1.54) is 11.0 Å². The SMILES string of the molecule is C=CCOC(=O)c1sc(N2C(=O)c3oc4ccccc4c(=O)c3C2c2ccc(Br)cc2)nc1C. The lowest BCUT2D eigenvalue weighted by Gasteiger charge is -2.22. The van der Waals surface area contributed by atoms with Gasteiger partial charge in [-0.2, -0.15) is 0 Å². The maximum absolute atomic E-state index is 13.6. The third kappa shape index (κ3) is 3.57. The number of ether oxygens (including phenoxy) is 1. The zero-order chi connectivity index (χ0) is 24.0. The van der Waals surface area contributed by atoms with E-state index in [1.54, 1.807) is 31.2 Å². The Morgan fingerprint density at radius 1 is 1.24 bits per heavy atom. The number of aryl methyl sites for hydroxylation is 1. The van der Waals surface area contributed by atoms with Crippen LogP contribution in [-0.2, 0) is 4.74 Å². The zero-order valence-electron chi connectivity index (χ0n) is 17.9. The molecule has 0 saturated carbocycles. The lowest BCUT2D eigenvalue weighted by molar-refractivity contribution is 0.0554. The summed E-state index contributed by atoms with van der Waals surface area (Å²) in [6.45, 7) is 5.28. The number of esters is 1. The van der Waals surface area contributed by atoms with E-state index in [1.807, 2.05) is 24.3 Å². The number of carbonyl (C=O) groups excluding carboxylic acids is 2. The molecule has 4 aromatic rings. The summed E-state index contributed by atoms with van der Waals surface area (Å²) >= 11 is 4.46. The van der Waals surface area contributed by atoms with Crippen LogP contribution in [0.15, 0.2) is 74.9 Å². The molecule has 0 radical (unpaired) electrons. The topological polar surface area (TPSA) is 89.7 Å². The van der Waals surface area contributed by atoms with E-state index in [-0.39, 0.29) is 33.4 Å². The lowest BCUT2D eigenvalue weighted by atomic mass is 9.99. The average Bonchev–Trinajstić information content (AvgIpc) is 3.36. The normalized spacial score (nSPS) is 14.9. The number of anilines is 1. The highest BCUT2D eigenvalue weighted by Crippen LogP contribution is 2.43. The molecule has 7 nitrogen and oxygen atoms in total. The first-order chi connectivity index (χ1) is 16.4. The van der Waals surface area contributed by atoms with Crippen LogP contribution in [0.2, 0.25) is 0 Å². The number of hydrogen-bond donors (Lipinski definition) is 0. The molecule has 0 spiro atoms. The van der Waals surface area contributed by atoms with E-state index in [0.717, 1.165) is 15.8 Å². The first kappa shape index (κ1) is 22.2. The minimum absolute atomic E-state index is 0.0275. The van der Waals surface area contributed by atoms with Gasteiger partial charge in [0.15, 0.2) is 10.6 Å². The Bertz CT molecular complexity index is 1520. The second-order valence-corrected chi connectivity index (χ2v) is 9.49. The molecule has 3 heterocycles. The predicted octanol–water partition coefficient (Wildman–Crippen LogP) is 5.41. The molecule has 0 saturated heterocycles. The average molecular weight is 537 g/mol. The second-order valence-electron chi connectivity index (χ2n) is 7.60. The first-order valence-corrected chi connectivity index (χ1v) is 11.9. The van der Waals surface area contributed by atoms with Crippen molar-refractivity contribution in [1.82, 2.24) is 4.98 Å². The quantitative estimate of drug-likeness (QED) is 0.250. The smallest absolute Gasteiger partial charge is 0.350 e. The van der Waals surface area contributed by atoms with Gasteiger partial charge < -0.3 is 9.15 Å². The molecule has 0 aliphatic carbocycles. The van der Waals surface area contributed by atoms with Gasteiger partial charge in [0.05, 0.1) is 22.7 Å². The van der Waals surface area contributed by atoms with Gasteiger partial charge in [0.2, 0.25) is 5.76 Å². The number of halogens is 1. The van der Waals surface area contributed by atoms with Crippen LogP contribution in [-0.4, -0.2) is 23.5 Å². The van der Waals surface area contributed by atoms with Crippen molar-refractivity contribution >= 4 is 55.2 Å². The van der Waals surface area contributed by atoms with Gasteiger partial charge in [-0.3, -0.25) is 14.5 Å². The Balaban J connectivity index is 1.71. The molecule has 1 amide bonds. The second kappa shape index (κ2) is 8.66. The number of benzene rings is 2. The summed E-state index contributed by atoms with van der Waals surface area (Å²) in [6, 6.07) is 13.4. The fraction of sp³-hybridized carbons (Fsp3) is 0.120. The molecule has 0 bridgehead atoms. The Morgan fingerprint density at radius 3 is 2.71 bits per heavy atom. The fourth-order valence-electron chi connectivity index (χ4n) is 3.95. The Hall–Kier alpha value is -3.56. The number of thiazole rings is 1. The summed E-state index contributed by atoms with van der Waals surface area (Å²) in [5.74, 6) is -1.07. The molecule has 5 rings (SSSR count). The van der Waals surface area contributed by atoms with Crippen LogP contribution in [0.1, 0.15) is 43.1 Å². The highest BCUT2D eigenvalue weighted by molar-refractivity contribution is 9.10. The number of fused-ring (bicyclic) bond motifs is 2. The van der Waals surface area contributed by atoms with Crippen molar-refractivity contribution < 1.29 is 18.7 Å². The van der Waals surface area contributed by atoms with Crippen molar-refractivity contribution in [3.63, 3.8) is 0 Å². The molecule has 2 aromatic carbocycles. The molecule has 9 heteroatoms. The van der Waals surface area contributed by atoms with Crippen LogP contribution in [0, 0.1) is 6.92 Å². The summed E-state index contributed by atoms with van der Waals surface area (Å²) in [6.07, 6.45) is 1.47. The van der Waals surface area contributed by atoms with E-state index >= 15 is 0 Å². The third-order valence-corrected chi connectivity index (χ3v) is 7.14. The van der Waals surface area contributed by atoms with E-state index < -0.39 is 17.9 Å². The Labute approximate surface area is 206 Å². The number of rotatable bonds is 5. The predicted molar refractivity (Wildman–Crippen MR) is 133 cm³/mol. The third-order valence-electron chi connectivity index (χ3n) is 5.47. The molecule has 2 aromatic heterocycles. The summed E-state index contributed by atoms with van der Waals surface area (Å²) in [5.41, 5.74) is 1.44. The van der Waals surface area contributed by atoms with Crippen molar-refractivity contribution in [3.05, 3.63) is 103 Å². The summed E-state index contributed by atoms with van der Waals surface area (Å²) < 4.78 is 11.9. The van der Waals surface area contributed by atoms with Crippen LogP contribution in [0.4, 0.5) is 5.13 Å². The number of aromatic nitrogens is 1. The van der Waals surface area contributed by atoms with Gasteiger partial charge in [-0.1, -0.05) is 64.2 Å². The molecule has 1 aliphatic heterocycles. The lowest BCUT2D eigenvalue weighted by Crippen LogP contribution is -2.29. The zero-order valence-corrected chi connectivity index (χ0v) is 20.3. The van der Waals surface area contributed by atoms with Crippen molar-refractivity contribution in [1.29, 1.82) is 0 Å². The Morgan fingerprint density at radius 2 is 1.97 bits per heavy atom. The molecule has 1 aliphatic rings. The summed E-state index contributed by atoms with van der Waals surface area (Å²) in [5, 5.41) is 0.665. The molecular formula is C25H17BrN2O5S. The molecule has 1 unspecified atom stereocenters. The highest BCUT2D eigenvalue weighted by atomic mass is 79.9. The van der Waals surface area contributed by atoms with Crippen LogP contribution in [0.3, 0.4) is 0 Å². The number of hydrogen-bond acceptors (Lipinski definition) is 7. The van der Waals surface area contributed by atoms with Gasteiger partial charge in [0.1, 0.15) is 17.1 Å².